The Morgan fingerprint density at radius 3 is 2.58 bits per heavy atom. The lowest BCUT2D eigenvalue weighted by Gasteiger charge is -2.32. The van der Waals surface area contributed by atoms with E-state index in [1.165, 1.54) is 0 Å². The molecule has 1 aromatic carbocycles. The minimum atomic E-state index is -0.257. The van der Waals surface area contributed by atoms with E-state index in [0.29, 0.717) is 17.8 Å². The van der Waals surface area contributed by atoms with Gasteiger partial charge in [0.25, 0.3) is 5.91 Å². The molecule has 1 atom stereocenters. The third-order valence-corrected chi connectivity index (χ3v) is 5.81. The van der Waals surface area contributed by atoms with Crippen LogP contribution in [0.25, 0.3) is 0 Å². The molecule has 2 heterocycles. The lowest BCUT2D eigenvalue weighted by Crippen LogP contribution is -2.41. The number of carbonyl (C=O) groups excluding carboxylic acids is 2. The Hall–Kier alpha value is -3.09. The molecule has 1 aliphatic heterocycles. The predicted octanol–water partition coefficient (Wildman–Crippen LogP) is 3.66. The highest BCUT2D eigenvalue weighted by Crippen LogP contribution is 2.23. The van der Waals surface area contributed by atoms with Gasteiger partial charge in [-0.3, -0.25) is 9.59 Å². The highest BCUT2D eigenvalue weighted by atomic mass is 16.2. The number of benzene rings is 1. The Kier molecular flexibility index (Phi) is 7.87. The van der Waals surface area contributed by atoms with Crippen LogP contribution in [0.15, 0.2) is 42.6 Å². The van der Waals surface area contributed by atoms with E-state index < -0.39 is 0 Å². The molecule has 2 amide bonds. The second-order valence-electron chi connectivity index (χ2n) is 8.03. The maximum atomic E-state index is 12.6. The molecule has 0 aliphatic carbocycles. The lowest BCUT2D eigenvalue weighted by atomic mass is 9.97. The van der Waals surface area contributed by atoms with Gasteiger partial charge in [-0.05, 0) is 62.6 Å². The van der Waals surface area contributed by atoms with Crippen molar-refractivity contribution in [1.82, 2.24) is 4.98 Å². The molecule has 0 saturated carbocycles. The van der Waals surface area contributed by atoms with Crippen molar-refractivity contribution in [3.8, 4) is 0 Å². The van der Waals surface area contributed by atoms with Crippen LogP contribution in [0.4, 0.5) is 17.2 Å². The number of nitrogens with zero attached hydrogens (tertiary/aromatic N) is 3. The van der Waals surface area contributed by atoms with Gasteiger partial charge in [-0.15, -0.1) is 0 Å². The number of anilines is 3. The van der Waals surface area contributed by atoms with Crippen LogP contribution in [0.1, 0.15) is 49.9 Å². The Labute approximate surface area is 184 Å². The number of primary amides is 1. The average molecular weight is 424 g/mol. The summed E-state index contributed by atoms with van der Waals surface area (Å²) in [6.45, 7) is 7.74. The van der Waals surface area contributed by atoms with Crippen molar-refractivity contribution >= 4 is 29.0 Å². The summed E-state index contributed by atoms with van der Waals surface area (Å²) in [4.78, 5) is 33.0. The van der Waals surface area contributed by atoms with Gasteiger partial charge in [0.2, 0.25) is 5.91 Å². The number of pyridine rings is 1. The normalized spacial score (nSPS) is 16.1. The van der Waals surface area contributed by atoms with Crippen LogP contribution in [-0.4, -0.2) is 43.0 Å². The molecule has 1 unspecified atom stereocenters. The summed E-state index contributed by atoms with van der Waals surface area (Å²) < 4.78 is 0. The van der Waals surface area contributed by atoms with Crippen molar-refractivity contribution in [3.05, 3.63) is 48.2 Å². The molecule has 1 saturated heterocycles. The largest absolute Gasteiger partial charge is 0.372 e. The van der Waals surface area contributed by atoms with Gasteiger partial charge >= 0.3 is 0 Å². The van der Waals surface area contributed by atoms with Crippen LogP contribution in [0.5, 0.6) is 0 Å². The molecule has 7 nitrogen and oxygen atoms in total. The van der Waals surface area contributed by atoms with Crippen LogP contribution < -0.4 is 20.9 Å². The SMILES string of the molecule is CCCCN(CC)c1ccc(C(=O)Nc2ccc(N3CCCC(C(N)=O)C3)nc2)cc1. The first-order chi connectivity index (χ1) is 15.0. The standard InChI is InChI=1S/C24H33N5O2/c1-3-5-14-28(4-2)21-11-8-18(9-12-21)24(31)27-20-10-13-22(26-16-20)29-15-6-7-19(17-29)23(25)30/h8-13,16,19H,3-7,14-15,17H2,1-2H3,(H2,25,30)(H,27,31). The predicted molar refractivity (Wildman–Crippen MR) is 126 cm³/mol. The van der Waals surface area contributed by atoms with E-state index in [-0.39, 0.29) is 17.7 Å². The number of hydrogen-bond acceptors (Lipinski definition) is 5. The Morgan fingerprint density at radius 2 is 1.97 bits per heavy atom. The van der Waals surface area contributed by atoms with Crippen molar-refractivity contribution in [2.45, 2.75) is 39.5 Å². The van der Waals surface area contributed by atoms with Crippen LogP contribution >= 0.6 is 0 Å². The lowest BCUT2D eigenvalue weighted by molar-refractivity contribution is -0.122. The van der Waals surface area contributed by atoms with E-state index >= 15 is 0 Å². The molecule has 0 bridgehead atoms. The molecular weight excluding hydrogens is 390 g/mol. The molecule has 3 N–H and O–H groups in total. The molecule has 7 heteroatoms. The van der Waals surface area contributed by atoms with Gasteiger partial charge in [0, 0.05) is 37.4 Å². The van der Waals surface area contributed by atoms with Gasteiger partial charge in [0.1, 0.15) is 5.82 Å². The number of carbonyl (C=O) groups is 2. The average Bonchev–Trinajstić information content (AvgIpc) is 2.80. The fraction of sp³-hybridized carbons (Fsp3) is 0.458. The second kappa shape index (κ2) is 10.8. The van der Waals surface area contributed by atoms with Gasteiger partial charge in [0.15, 0.2) is 0 Å². The number of piperidine rings is 1. The molecule has 1 fully saturated rings. The van der Waals surface area contributed by atoms with Crippen LogP contribution in [0.3, 0.4) is 0 Å². The first kappa shape index (κ1) is 22.6. The summed E-state index contributed by atoms with van der Waals surface area (Å²) in [5.41, 5.74) is 7.84. The fourth-order valence-electron chi connectivity index (χ4n) is 3.91. The van der Waals surface area contributed by atoms with E-state index in [9.17, 15) is 9.59 Å². The summed E-state index contributed by atoms with van der Waals surface area (Å²) in [5.74, 6) is 0.236. The monoisotopic (exact) mass is 423 g/mol. The van der Waals surface area contributed by atoms with Crippen LogP contribution in [0.2, 0.25) is 0 Å². The maximum absolute atomic E-state index is 12.6. The second-order valence-corrected chi connectivity index (χ2v) is 8.03. The summed E-state index contributed by atoms with van der Waals surface area (Å²) >= 11 is 0. The topological polar surface area (TPSA) is 91.6 Å². The van der Waals surface area contributed by atoms with Gasteiger partial charge in [0.05, 0.1) is 17.8 Å². The Balaban J connectivity index is 1.59. The zero-order chi connectivity index (χ0) is 22.2. The Morgan fingerprint density at radius 1 is 1.19 bits per heavy atom. The molecule has 31 heavy (non-hydrogen) atoms. The number of aromatic nitrogens is 1. The number of nitrogens with two attached hydrogens (primary N) is 1. The Bertz CT molecular complexity index is 867. The van der Waals surface area contributed by atoms with Crippen LogP contribution in [0, 0.1) is 5.92 Å². The molecule has 0 radical (unpaired) electrons. The molecule has 1 aromatic heterocycles. The van der Waals surface area contributed by atoms with Crippen molar-refractivity contribution in [1.29, 1.82) is 0 Å². The van der Waals surface area contributed by atoms with Gasteiger partial charge in [-0.1, -0.05) is 13.3 Å². The van der Waals surface area contributed by atoms with Crippen LogP contribution in [-0.2, 0) is 4.79 Å². The highest BCUT2D eigenvalue weighted by molar-refractivity contribution is 6.04. The first-order valence-electron chi connectivity index (χ1n) is 11.2. The van der Waals surface area contributed by atoms with E-state index in [0.717, 1.165) is 56.8 Å². The smallest absolute Gasteiger partial charge is 0.255 e. The number of amides is 2. The van der Waals surface area contributed by atoms with E-state index in [2.05, 4.69) is 33.9 Å². The zero-order valence-electron chi connectivity index (χ0n) is 18.5. The maximum Gasteiger partial charge on any atom is 0.255 e. The van der Waals surface area contributed by atoms with Crippen molar-refractivity contribution in [3.63, 3.8) is 0 Å². The van der Waals surface area contributed by atoms with E-state index in [1.807, 2.05) is 36.4 Å². The van der Waals surface area contributed by atoms with Crippen molar-refractivity contribution in [2.24, 2.45) is 11.7 Å². The highest BCUT2D eigenvalue weighted by Gasteiger charge is 2.24. The third kappa shape index (κ3) is 5.96. The third-order valence-electron chi connectivity index (χ3n) is 5.81. The van der Waals surface area contributed by atoms with Gasteiger partial charge in [-0.2, -0.15) is 0 Å². The summed E-state index contributed by atoms with van der Waals surface area (Å²) in [6, 6.07) is 11.4. The summed E-state index contributed by atoms with van der Waals surface area (Å²) in [5, 5.41) is 2.90. The quantitative estimate of drug-likeness (QED) is 0.642. The molecule has 1 aliphatic rings. The summed E-state index contributed by atoms with van der Waals surface area (Å²) in [6.07, 6.45) is 5.71. The van der Waals surface area contributed by atoms with Gasteiger partial charge in [-0.25, -0.2) is 4.98 Å². The van der Waals surface area contributed by atoms with Crippen molar-refractivity contribution < 1.29 is 9.59 Å². The molecule has 2 aromatic rings. The number of hydrogen-bond donors (Lipinski definition) is 2. The molecule has 166 valence electrons. The minimum Gasteiger partial charge on any atom is -0.372 e. The zero-order valence-corrected chi connectivity index (χ0v) is 18.5. The number of rotatable bonds is 9. The number of unbranched alkanes of at least 4 members (excludes halogenated alkanes) is 1. The first-order valence-corrected chi connectivity index (χ1v) is 11.2. The molecule has 3 rings (SSSR count). The van der Waals surface area contributed by atoms with E-state index in [1.54, 1.807) is 6.20 Å². The van der Waals surface area contributed by atoms with E-state index in [4.69, 9.17) is 5.73 Å². The molecular formula is C24H33N5O2. The van der Waals surface area contributed by atoms with Gasteiger partial charge < -0.3 is 20.9 Å². The summed E-state index contributed by atoms with van der Waals surface area (Å²) in [7, 11) is 0. The fourth-order valence-corrected chi connectivity index (χ4v) is 3.91. The molecule has 0 spiro atoms. The minimum absolute atomic E-state index is 0.136. The van der Waals surface area contributed by atoms with Crippen molar-refractivity contribution in [2.75, 3.05) is 41.3 Å². The number of nitrogens with one attached hydrogen (secondary N) is 1.